The van der Waals surface area contributed by atoms with Crippen LogP contribution in [0, 0.1) is 0 Å². The van der Waals surface area contributed by atoms with Gasteiger partial charge >= 0.3 is 12.2 Å². The van der Waals surface area contributed by atoms with Gasteiger partial charge in [0.05, 0.1) is 18.3 Å². The summed E-state index contributed by atoms with van der Waals surface area (Å²) >= 11 is 5.49. The predicted octanol–water partition coefficient (Wildman–Crippen LogP) is 3.03. The van der Waals surface area contributed by atoms with Crippen molar-refractivity contribution in [3.05, 3.63) is 30.0 Å². The van der Waals surface area contributed by atoms with E-state index in [4.69, 9.17) is 16.3 Å². The topological polar surface area (TPSA) is 94.2 Å². The number of carbonyl (C=O) groups excluding carboxylic acids is 2. The third-order valence-electron chi connectivity index (χ3n) is 2.97. The predicted molar refractivity (Wildman–Crippen MR) is 79.2 cm³/mol. The summed E-state index contributed by atoms with van der Waals surface area (Å²) in [5, 5.41) is 0.117. The molecule has 8 heteroatoms. The molecule has 0 bridgehead atoms. The molecule has 0 unspecified atom stereocenters. The van der Waals surface area contributed by atoms with Crippen LogP contribution in [0.1, 0.15) is 17.3 Å². The Kier molecular flexibility index (Phi) is 3.64. The molecule has 3 aromatic rings. The Hall–Kier alpha value is -2.67. The molecule has 1 aromatic carbocycles. The molecule has 0 saturated heterocycles. The largest absolute Gasteiger partial charge is 0.516 e. The minimum atomic E-state index is -0.877. The molecule has 2 heterocycles. The fourth-order valence-corrected chi connectivity index (χ4v) is 2.17. The molecular weight excluding hydrogens is 310 g/mol. The van der Waals surface area contributed by atoms with Gasteiger partial charge in [0.25, 0.3) is 5.24 Å². The van der Waals surface area contributed by atoms with E-state index in [-0.39, 0.29) is 12.6 Å². The van der Waals surface area contributed by atoms with Crippen molar-refractivity contribution < 1.29 is 19.1 Å². The number of fused-ring (bicyclic) bond motifs is 3. The van der Waals surface area contributed by atoms with Gasteiger partial charge in [0.2, 0.25) is 0 Å². The maximum absolute atomic E-state index is 11.3. The van der Waals surface area contributed by atoms with Gasteiger partial charge in [-0.3, -0.25) is 4.79 Å². The third kappa shape index (κ3) is 2.58. The average Bonchev–Trinajstić information content (AvgIpc) is 2.84. The fraction of sp³-hybridized carbons (Fsp3) is 0.143. The van der Waals surface area contributed by atoms with Crippen molar-refractivity contribution >= 4 is 44.9 Å². The highest BCUT2D eigenvalue weighted by Gasteiger charge is 2.13. The molecule has 112 valence electrons. The quantitative estimate of drug-likeness (QED) is 0.589. The Morgan fingerprint density at radius 2 is 2.14 bits per heavy atom. The number of nitrogens with one attached hydrogen (secondary N) is 1. The van der Waals surface area contributed by atoms with Crippen LogP contribution in [0.3, 0.4) is 0 Å². The van der Waals surface area contributed by atoms with E-state index in [1.807, 2.05) is 0 Å². The number of aromatic nitrogens is 3. The highest BCUT2D eigenvalue weighted by molar-refractivity contribution is 6.67. The summed E-state index contributed by atoms with van der Waals surface area (Å²) in [5.41, 5.74) is 2.27. The van der Waals surface area contributed by atoms with Crippen LogP contribution in [-0.4, -0.2) is 33.0 Å². The number of halogens is 1. The lowest BCUT2D eigenvalue weighted by molar-refractivity contribution is 0.101. The van der Waals surface area contributed by atoms with Crippen molar-refractivity contribution in [2.75, 3.05) is 6.61 Å². The summed E-state index contributed by atoms with van der Waals surface area (Å²) in [6, 6.07) is 4.81. The van der Waals surface area contributed by atoms with Crippen LogP contribution in [0.5, 0.6) is 6.01 Å². The number of H-pyrrole nitrogens is 1. The number of carbonyl (C=O) groups is 2. The minimum Gasteiger partial charge on any atom is -0.434 e. The first-order valence-corrected chi connectivity index (χ1v) is 6.79. The molecule has 0 fully saturated rings. The van der Waals surface area contributed by atoms with Gasteiger partial charge in [-0.25, -0.2) is 9.78 Å². The highest BCUT2D eigenvalue weighted by Crippen LogP contribution is 2.26. The molecule has 0 spiro atoms. The molecule has 0 amide bonds. The van der Waals surface area contributed by atoms with Gasteiger partial charge in [-0.15, -0.1) is 0 Å². The Morgan fingerprint density at radius 3 is 2.86 bits per heavy atom. The lowest BCUT2D eigenvalue weighted by Crippen LogP contribution is -2.11. The number of nitrogens with zero attached hydrogens (tertiary/aromatic N) is 2. The first-order chi connectivity index (χ1) is 10.6. The van der Waals surface area contributed by atoms with Crippen LogP contribution in [0.4, 0.5) is 4.79 Å². The molecule has 0 radical (unpaired) electrons. The Bertz CT molecular complexity index is 890. The van der Waals surface area contributed by atoms with E-state index < -0.39 is 11.4 Å². The van der Waals surface area contributed by atoms with Crippen LogP contribution >= 0.6 is 11.6 Å². The van der Waals surface area contributed by atoms with Crippen LogP contribution in [0.15, 0.2) is 24.4 Å². The summed E-state index contributed by atoms with van der Waals surface area (Å²) < 4.78 is 9.53. The summed E-state index contributed by atoms with van der Waals surface area (Å²) in [4.78, 5) is 33.8. The number of hydrogen-bond donors (Lipinski definition) is 1. The second-order valence-electron chi connectivity index (χ2n) is 4.36. The SMILES string of the molecule is CCOC(=O)Oc1ncc2[nH]c3ccc(C(=O)Cl)cc3c2n1. The summed E-state index contributed by atoms with van der Waals surface area (Å²) in [6.45, 7) is 1.85. The van der Waals surface area contributed by atoms with Crippen molar-refractivity contribution in [3.8, 4) is 6.01 Å². The zero-order valence-corrected chi connectivity index (χ0v) is 12.2. The van der Waals surface area contributed by atoms with E-state index in [1.54, 1.807) is 25.1 Å². The van der Waals surface area contributed by atoms with Gasteiger partial charge in [-0.1, -0.05) is 0 Å². The van der Waals surface area contributed by atoms with Crippen LogP contribution in [0.25, 0.3) is 21.9 Å². The number of aromatic amines is 1. The van der Waals surface area contributed by atoms with Gasteiger partial charge in [0.1, 0.15) is 5.52 Å². The Labute approximate surface area is 129 Å². The second kappa shape index (κ2) is 5.61. The monoisotopic (exact) mass is 319 g/mol. The van der Waals surface area contributed by atoms with Crippen molar-refractivity contribution in [2.24, 2.45) is 0 Å². The minimum absolute atomic E-state index is 0.130. The summed E-state index contributed by atoms with van der Waals surface area (Å²) in [7, 11) is 0. The number of ether oxygens (including phenoxy) is 2. The van der Waals surface area contributed by atoms with Gasteiger partial charge < -0.3 is 14.5 Å². The van der Waals surface area contributed by atoms with E-state index >= 15 is 0 Å². The maximum Gasteiger partial charge on any atom is 0.516 e. The molecule has 0 aliphatic heterocycles. The molecule has 2 aromatic heterocycles. The van der Waals surface area contributed by atoms with Crippen molar-refractivity contribution in [2.45, 2.75) is 6.92 Å². The zero-order valence-electron chi connectivity index (χ0n) is 11.4. The maximum atomic E-state index is 11.3. The zero-order chi connectivity index (χ0) is 15.7. The molecule has 0 atom stereocenters. The van der Waals surface area contributed by atoms with Crippen molar-refractivity contribution in [3.63, 3.8) is 0 Å². The standard InChI is InChI=1S/C14H10ClN3O4/c1-2-21-14(20)22-13-16-6-10-11(18-13)8-5-7(12(15)19)3-4-9(8)17-10/h3-6,17H,2H2,1H3. The number of rotatable bonds is 3. The van der Waals surface area contributed by atoms with Gasteiger partial charge in [-0.05, 0) is 36.7 Å². The fourth-order valence-electron chi connectivity index (χ4n) is 2.05. The first-order valence-electron chi connectivity index (χ1n) is 6.41. The van der Waals surface area contributed by atoms with Gasteiger partial charge in [-0.2, -0.15) is 4.98 Å². The molecule has 0 saturated carbocycles. The van der Waals surface area contributed by atoms with E-state index in [0.717, 1.165) is 5.52 Å². The van der Waals surface area contributed by atoms with Crippen molar-refractivity contribution in [1.82, 2.24) is 15.0 Å². The highest BCUT2D eigenvalue weighted by atomic mass is 35.5. The molecule has 0 aliphatic rings. The van der Waals surface area contributed by atoms with Crippen LogP contribution < -0.4 is 4.74 Å². The van der Waals surface area contributed by atoms with E-state index in [0.29, 0.717) is 22.0 Å². The van der Waals surface area contributed by atoms with Crippen LogP contribution in [0.2, 0.25) is 0 Å². The smallest absolute Gasteiger partial charge is 0.434 e. The molecule has 0 aliphatic carbocycles. The Balaban J connectivity index is 2.09. The molecule has 7 nitrogen and oxygen atoms in total. The average molecular weight is 320 g/mol. The Morgan fingerprint density at radius 1 is 1.32 bits per heavy atom. The lowest BCUT2D eigenvalue weighted by atomic mass is 10.1. The normalized spacial score (nSPS) is 10.8. The summed E-state index contributed by atoms with van der Waals surface area (Å²) in [5.74, 6) is 0. The molecule has 3 rings (SSSR count). The van der Waals surface area contributed by atoms with E-state index in [9.17, 15) is 9.59 Å². The molecular formula is C14H10ClN3O4. The molecule has 22 heavy (non-hydrogen) atoms. The van der Waals surface area contributed by atoms with Gasteiger partial charge in [0.15, 0.2) is 0 Å². The van der Waals surface area contributed by atoms with E-state index in [2.05, 4.69) is 19.7 Å². The molecule has 1 N–H and O–H groups in total. The number of hydrogen-bond acceptors (Lipinski definition) is 6. The van der Waals surface area contributed by atoms with E-state index in [1.165, 1.54) is 6.20 Å². The first kappa shape index (κ1) is 14.3. The summed E-state index contributed by atoms with van der Waals surface area (Å²) in [6.07, 6.45) is 0.609. The second-order valence-corrected chi connectivity index (χ2v) is 4.70. The van der Waals surface area contributed by atoms with Gasteiger partial charge in [0, 0.05) is 16.5 Å². The van der Waals surface area contributed by atoms with Crippen molar-refractivity contribution in [1.29, 1.82) is 0 Å². The third-order valence-corrected chi connectivity index (χ3v) is 3.19. The number of benzene rings is 1. The lowest BCUT2D eigenvalue weighted by Gasteiger charge is -2.01. The van der Waals surface area contributed by atoms with Crippen LogP contribution in [-0.2, 0) is 4.74 Å².